The molecule has 2 aromatic rings. The van der Waals surface area contributed by atoms with Crippen LogP contribution in [0.3, 0.4) is 0 Å². The molecule has 0 unspecified atom stereocenters. The van der Waals surface area contributed by atoms with E-state index in [-0.39, 0.29) is 5.78 Å². The van der Waals surface area contributed by atoms with Gasteiger partial charge in [-0.1, -0.05) is 40.2 Å². The summed E-state index contributed by atoms with van der Waals surface area (Å²) in [6.45, 7) is 1.32. The van der Waals surface area contributed by atoms with E-state index in [4.69, 9.17) is 4.74 Å². The number of hydrogen-bond donors (Lipinski definition) is 0. The maximum atomic E-state index is 12.3. The first kappa shape index (κ1) is 13.5. The summed E-state index contributed by atoms with van der Waals surface area (Å²) in [4.78, 5) is 23.2. The molecule has 0 bridgehead atoms. The summed E-state index contributed by atoms with van der Waals surface area (Å²) in [6, 6.07) is 13.8. The molecule has 0 aromatic heterocycles. The summed E-state index contributed by atoms with van der Waals surface area (Å²) >= 11 is 3.35. The van der Waals surface area contributed by atoms with Gasteiger partial charge in [-0.25, -0.2) is 0 Å². The van der Waals surface area contributed by atoms with Crippen molar-refractivity contribution in [3.63, 3.8) is 0 Å². The molecule has 0 saturated carbocycles. The first-order valence-electron chi connectivity index (χ1n) is 5.65. The predicted molar refractivity (Wildman–Crippen MR) is 75.3 cm³/mol. The third-order valence-electron chi connectivity index (χ3n) is 2.48. The number of carbonyl (C=O) groups excluding carboxylic acids is 2. The lowest BCUT2D eigenvalue weighted by atomic mass is 10.0. The lowest BCUT2D eigenvalue weighted by molar-refractivity contribution is -0.131. The summed E-state index contributed by atoms with van der Waals surface area (Å²) in [5, 5.41) is 0. The van der Waals surface area contributed by atoms with Gasteiger partial charge < -0.3 is 4.74 Å². The van der Waals surface area contributed by atoms with Gasteiger partial charge in [0, 0.05) is 22.5 Å². The molecule has 96 valence electrons. The molecule has 0 spiro atoms. The molecule has 0 heterocycles. The summed E-state index contributed by atoms with van der Waals surface area (Å²) in [6.07, 6.45) is 0. The largest absolute Gasteiger partial charge is 0.427 e. The molecule has 0 N–H and O–H groups in total. The van der Waals surface area contributed by atoms with Crippen LogP contribution in [0.1, 0.15) is 22.8 Å². The normalized spacial score (nSPS) is 10.0. The number of ketones is 1. The van der Waals surface area contributed by atoms with Crippen LogP contribution in [0.15, 0.2) is 53.0 Å². The van der Waals surface area contributed by atoms with E-state index in [2.05, 4.69) is 15.9 Å². The molecule has 0 aliphatic rings. The van der Waals surface area contributed by atoms with E-state index in [1.54, 1.807) is 36.4 Å². The van der Waals surface area contributed by atoms with Gasteiger partial charge in [-0.2, -0.15) is 0 Å². The number of rotatable bonds is 3. The van der Waals surface area contributed by atoms with E-state index in [0.717, 1.165) is 4.47 Å². The highest BCUT2D eigenvalue weighted by Gasteiger charge is 2.12. The Bertz CT molecular complexity index is 635. The molecular weight excluding hydrogens is 308 g/mol. The maximum Gasteiger partial charge on any atom is 0.308 e. The zero-order valence-corrected chi connectivity index (χ0v) is 11.8. The first-order valence-corrected chi connectivity index (χ1v) is 6.45. The van der Waals surface area contributed by atoms with Gasteiger partial charge in [-0.15, -0.1) is 0 Å². The average molecular weight is 319 g/mol. The molecule has 19 heavy (non-hydrogen) atoms. The van der Waals surface area contributed by atoms with Crippen LogP contribution in [0.5, 0.6) is 5.75 Å². The Balaban J connectivity index is 2.34. The molecule has 0 radical (unpaired) electrons. The van der Waals surface area contributed by atoms with Crippen molar-refractivity contribution >= 4 is 27.7 Å². The Morgan fingerprint density at radius 2 is 1.79 bits per heavy atom. The number of halogens is 1. The monoisotopic (exact) mass is 318 g/mol. The van der Waals surface area contributed by atoms with Gasteiger partial charge in [-0.3, -0.25) is 9.59 Å². The molecule has 2 aromatic carbocycles. The Labute approximate surface area is 119 Å². The van der Waals surface area contributed by atoms with E-state index in [0.29, 0.717) is 16.9 Å². The smallest absolute Gasteiger partial charge is 0.308 e. The number of carbonyl (C=O) groups is 2. The second kappa shape index (κ2) is 5.80. The molecule has 0 aliphatic carbocycles. The zero-order valence-electron chi connectivity index (χ0n) is 10.2. The van der Waals surface area contributed by atoms with Gasteiger partial charge in [0.05, 0.1) is 0 Å². The summed E-state index contributed by atoms with van der Waals surface area (Å²) in [5.74, 6) is -0.169. The standard InChI is InChI=1S/C15H11BrO3/c1-10(17)19-12-6-4-5-11(9-12)15(18)13-7-2-3-8-14(13)16/h2-9H,1H3. The quantitative estimate of drug-likeness (QED) is 0.493. The van der Waals surface area contributed by atoms with Crippen LogP contribution in [0.25, 0.3) is 0 Å². The summed E-state index contributed by atoms with van der Waals surface area (Å²) in [7, 11) is 0. The third-order valence-corrected chi connectivity index (χ3v) is 3.17. The van der Waals surface area contributed by atoms with Gasteiger partial charge in [0.15, 0.2) is 5.78 Å². The van der Waals surface area contributed by atoms with Crippen molar-refractivity contribution in [1.29, 1.82) is 0 Å². The minimum Gasteiger partial charge on any atom is -0.427 e. The molecule has 0 saturated heterocycles. The number of hydrogen-bond acceptors (Lipinski definition) is 3. The van der Waals surface area contributed by atoms with Crippen molar-refractivity contribution in [2.24, 2.45) is 0 Å². The number of esters is 1. The molecule has 2 rings (SSSR count). The topological polar surface area (TPSA) is 43.4 Å². The number of benzene rings is 2. The molecule has 0 atom stereocenters. The highest BCUT2D eigenvalue weighted by molar-refractivity contribution is 9.10. The van der Waals surface area contributed by atoms with Crippen LogP contribution in [0.2, 0.25) is 0 Å². The highest BCUT2D eigenvalue weighted by atomic mass is 79.9. The fourth-order valence-electron chi connectivity index (χ4n) is 1.67. The minimum atomic E-state index is -0.412. The Kier molecular flexibility index (Phi) is 4.12. The number of ether oxygens (including phenoxy) is 1. The van der Waals surface area contributed by atoms with Crippen molar-refractivity contribution in [1.82, 2.24) is 0 Å². The van der Waals surface area contributed by atoms with E-state index < -0.39 is 5.97 Å². The van der Waals surface area contributed by atoms with Crippen molar-refractivity contribution < 1.29 is 14.3 Å². The second-order valence-electron chi connectivity index (χ2n) is 3.93. The van der Waals surface area contributed by atoms with Crippen LogP contribution >= 0.6 is 15.9 Å². The van der Waals surface area contributed by atoms with Crippen LogP contribution in [-0.4, -0.2) is 11.8 Å². The van der Waals surface area contributed by atoms with Crippen LogP contribution in [0, 0.1) is 0 Å². The molecule has 0 amide bonds. The molecule has 3 nitrogen and oxygen atoms in total. The molecule has 0 fully saturated rings. The van der Waals surface area contributed by atoms with Crippen molar-refractivity contribution in [3.8, 4) is 5.75 Å². The SMILES string of the molecule is CC(=O)Oc1cccc(C(=O)c2ccccc2Br)c1. The molecule has 4 heteroatoms. The zero-order chi connectivity index (χ0) is 13.8. The average Bonchev–Trinajstić information content (AvgIpc) is 2.38. The van der Waals surface area contributed by atoms with Gasteiger partial charge in [-0.05, 0) is 24.3 Å². The second-order valence-corrected chi connectivity index (χ2v) is 4.78. The fraction of sp³-hybridized carbons (Fsp3) is 0.0667. The molecular formula is C15H11BrO3. The van der Waals surface area contributed by atoms with Gasteiger partial charge in [0.1, 0.15) is 5.75 Å². The Hall–Kier alpha value is -1.94. The van der Waals surface area contributed by atoms with Gasteiger partial charge in [0.25, 0.3) is 0 Å². The van der Waals surface area contributed by atoms with Crippen molar-refractivity contribution in [3.05, 3.63) is 64.1 Å². The maximum absolute atomic E-state index is 12.3. The van der Waals surface area contributed by atoms with E-state index >= 15 is 0 Å². The van der Waals surface area contributed by atoms with Gasteiger partial charge in [0.2, 0.25) is 0 Å². The Morgan fingerprint density at radius 1 is 1.05 bits per heavy atom. The van der Waals surface area contributed by atoms with Crippen LogP contribution < -0.4 is 4.74 Å². The fourth-order valence-corrected chi connectivity index (χ4v) is 2.13. The lowest BCUT2D eigenvalue weighted by Crippen LogP contribution is -2.05. The minimum absolute atomic E-state index is 0.124. The predicted octanol–water partition coefficient (Wildman–Crippen LogP) is 3.61. The van der Waals surface area contributed by atoms with Crippen LogP contribution in [-0.2, 0) is 4.79 Å². The third kappa shape index (κ3) is 3.29. The van der Waals surface area contributed by atoms with Crippen molar-refractivity contribution in [2.45, 2.75) is 6.92 Å². The van der Waals surface area contributed by atoms with Gasteiger partial charge >= 0.3 is 5.97 Å². The lowest BCUT2D eigenvalue weighted by Gasteiger charge is -2.06. The highest BCUT2D eigenvalue weighted by Crippen LogP contribution is 2.22. The summed E-state index contributed by atoms with van der Waals surface area (Å²) < 4.78 is 5.70. The van der Waals surface area contributed by atoms with E-state index in [1.807, 2.05) is 12.1 Å². The molecule has 0 aliphatic heterocycles. The van der Waals surface area contributed by atoms with Crippen molar-refractivity contribution in [2.75, 3.05) is 0 Å². The summed E-state index contributed by atoms with van der Waals surface area (Å²) in [5.41, 5.74) is 1.05. The van der Waals surface area contributed by atoms with Crippen LogP contribution in [0.4, 0.5) is 0 Å². The van der Waals surface area contributed by atoms with E-state index in [1.165, 1.54) is 6.92 Å². The Morgan fingerprint density at radius 3 is 2.47 bits per heavy atom. The first-order chi connectivity index (χ1) is 9.08. The van der Waals surface area contributed by atoms with E-state index in [9.17, 15) is 9.59 Å².